The summed E-state index contributed by atoms with van der Waals surface area (Å²) in [6.45, 7) is 0.633. The average molecular weight is 251 g/mol. The highest BCUT2D eigenvalue weighted by molar-refractivity contribution is 5.37. The van der Waals surface area contributed by atoms with Crippen LogP contribution in [-0.4, -0.2) is 39.4 Å². The van der Waals surface area contributed by atoms with Gasteiger partial charge in [0.25, 0.3) is 0 Å². The molecule has 0 aliphatic heterocycles. The van der Waals surface area contributed by atoms with Crippen LogP contribution in [0.2, 0.25) is 0 Å². The lowest BCUT2D eigenvalue weighted by atomic mass is 9.94. The number of aliphatic hydroxyl groups is 2. The van der Waals surface area contributed by atoms with Crippen LogP contribution in [-0.2, 0) is 6.61 Å². The summed E-state index contributed by atoms with van der Waals surface area (Å²) in [7, 11) is 0. The minimum atomic E-state index is -0.0866. The quantitative estimate of drug-likeness (QED) is 0.820. The van der Waals surface area contributed by atoms with E-state index in [-0.39, 0.29) is 13.2 Å². The Morgan fingerprint density at radius 1 is 1.11 bits per heavy atom. The Labute approximate surface area is 107 Å². The van der Waals surface area contributed by atoms with E-state index in [1.807, 2.05) is 0 Å². The van der Waals surface area contributed by atoms with Crippen molar-refractivity contribution in [3.63, 3.8) is 0 Å². The molecular formula is C13H21N3O2. The Morgan fingerprint density at radius 2 is 1.89 bits per heavy atom. The van der Waals surface area contributed by atoms with E-state index in [9.17, 15) is 5.11 Å². The van der Waals surface area contributed by atoms with Crippen molar-refractivity contribution in [2.24, 2.45) is 0 Å². The van der Waals surface area contributed by atoms with Gasteiger partial charge in [0.15, 0.2) is 0 Å². The molecule has 18 heavy (non-hydrogen) atoms. The van der Waals surface area contributed by atoms with Crippen LogP contribution in [0, 0.1) is 0 Å². The molecule has 0 bridgehead atoms. The summed E-state index contributed by atoms with van der Waals surface area (Å²) in [5.74, 6) is 0.799. The second-order valence-corrected chi connectivity index (χ2v) is 4.73. The van der Waals surface area contributed by atoms with Gasteiger partial charge >= 0.3 is 0 Å². The maximum atomic E-state index is 9.20. The van der Waals surface area contributed by atoms with E-state index in [1.165, 1.54) is 19.3 Å². The van der Waals surface area contributed by atoms with Crippen LogP contribution < -0.4 is 4.90 Å². The van der Waals surface area contributed by atoms with Gasteiger partial charge in [-0.1, -0.05) is 19.3 Å². The molecule has 100 valence electrons. The Balaban J connectivity index is 2.11. The van der Waals surface area contributed by atoms with Gasteiger partial charge in [0.05, 0.1) is 31.3 Å². The first-order chi connectivity index (χ1) is 8.85. The van der Waals surface area contributed by atoms with Crippen LogP contribution in [0.25, 0.3) is 0 Å². The van der Waals surface area contributed by atoms with E-state index in [4.69, 9.17) is 5.11 Å². The lowest BCUT2D eigenvalue weighted by Crippen LogP contribution is -2.39. The van der Waals surface area contributed by atoms with Crippen LogP contribution in [0.15, 0.2) is 12.4 Å². The molecule has 0 spiro atoms. The van der Waals surface area contributed by atoms with Crippen molar-refractivity contribution in [1.82, 2.24) is 9.97 Å². The smallest absolute Gasteiger partial charge is 0.147 e. The van der Waals surface area contributed by atoms with Gasteiger partial charge in [-0.25, -0.2) is 4.98 Å². The van der Waals surface area contributed by atoms with Gasteiger partial charge in [-0.2, -0.15) is 0 Å². The van der Waals surface area contributed by atoms with Crippen LogP contribution in [0.1, 0.15) is 37.8 Å². The molecule has 0 atom stereocenters. The van der Waals surface area contributed by atoms with Crippen molar-refractivity contribution in [2.75, 3.05) is 18.1 Å². The van der Waals surface area contributed by atoms with E-state index in [0.717, 1.165) is 18.7 Å². The monoisotopic (exact) mass is 251 g/mol. The highest BCUT2D eigenvalue weighted by atomic mass is 16.3. The molecule has 5 nitrogen and oxygen atoms in total. The van der Waals surface area contributed by atoms with Crippen molar-refractivity contribution in [1.29, 1.82) is 0 Å². The highest BCUT2D eigenvalue weighted by Crippen LogP contribution is 2.25. The first-order valence-electron chi connectivity index (χ1n) is 6.64. The normalized spacial score (nSPS) is 16.8. The molecule has 1 fully saturated rings. The summed E-state index contributed by atoms with van der Waals surface area (Å²) >= 11 is 0. The Morgan fingerprint density at radius 3 is 2.44 bits per heavy atom. The summed E-state index contributed by atoms with van der Waals surface area (Å²) < 4.78 is 0. The van der Waals surface area contributed by atoms with E-state index in [1.54, 1.807) is 12.4 Å². The summed E-state index contributed by atoms with van der Waals surface area (Å²) in [5.41, 5.74) is 0.575. The molecule has 0 radical (unpaired) electrons. The molecule has 1 heterocycles. The Hall–Kier alpha value is -1.20. The van der Waals surface area contributed by atoms with Gasteiger partial charge < -0.3 is 15.1 Å². The largest absolute Gasteiger partial charge is 0.395 e. The third-order valence-corrected chi connectivity index (χ3v) is 3.50. The molecule has 2 rings (SSSR count). The zero-order chi connectivity index (χ0) is 12.8. The number of aliphatic hydroxyl groups excluding tert-OH is 2. The van der Waals surface area contributed by atoms with Gasteiger partial charge in [0.1, 0.15) is 5.82 Å². The minimum absolute atomic E-state index is 0.0866. The zero-order valence-electron chi connectivity index (χ0n) is 10.6. The summed E-state index contributed by atoms with van der Waals surface area (Å²) in [6, 6.07) is 0.458. The third kappa shape index (κ3) is 3.17. The summed E-state index contributed by atoms with van der Waals surface area (Å²) in [6.07, 6.45) is 9.40. The lowest BCUT2D eigenvalue weighted by molar-refractivity contribution is 0.276. The van der Waals surface area contributed by atoms with Gasteiger partial charge in [0, 0.05) is 12.6 Å². The van der Waals surface area contributed by atoms with Crippen molar-refractivity contribution >= 4 is 5.82 Å². The van der Waals surface area contributed by atoms with Crippen LogP contribution in [0.4, 0.5) is 5.82 Å². The minimum Gasteiger partial charge on any atom is -0.395 e. The molecule has 0 unspecified atom stereocenters. The topological polar surface area (TPSA) is 69.5 Å². The third-order valence-electron chi connectivity index (χ3n) is 3.50. The van der Waals surface area contributed by atoms with Crippen molar-refractivity contribution in [3.05, 3.63) is 18.1 Å². The van der Waals surface area contributed by atoms with Crippen LogP contribution in [0.5, 0.6) is 0 Å². The van der Waals surface area contributed by atoms with Crippen molar-refractivity contribution < 1.29 is 10.2 Å². The fourth-order valence-electron chi connectivity index (χ4n) is 2.56. The summed E-state index contributed by atoms with van der Waals surface area (Å²) in [5, 5.41) is 18.2. The van der Waals surface area contributed by atoms with Crippen molar-refractivity contribution in [2.45, 2.75) is 44.8 Å². The molecular weight excluding hydrogens is 230 g/mol. The van der Waals surface area contributed by atoms with Crippen LogP contribution in [0.3, 0.4) is 0 Å². The number of nitrogens with zero attached hydrogens (tertiary/aromatic N) is 3. The van der Waals surface area contributed by atoms with E-state index in [0.29, 0.717) is 18.3 Å². The fourth-order valence-corrected chi connectivity index (χ4v) is 2.56. The first-order valence-corrected chi connectivity index (χ1v) is 6.64. The number of hydrogen-bond donors (Lipinski definition) is 2. The number of rotatable bonds is 5. The van der Waals surface area contributed by atoms with Crippen LogP contribution >= 0.6 is 0 Å². The molecule has 1 aliphatic rings. The standard InChI is InChI=1S/C13H21N3O2/c17-7-6-16(12-4-2-1-3-5-12)13-9-14-11(10-18)8-15-13/h8-9,12,17-18H,1-7,10H2. The second-order valence-electron chi connectivity index (χ2n) is 4.73. The van der Waals surface area contributed by atoms with E-state index < -0.39 is 0 Å². The Bertz CT molecular complexity index is 350. The Kier molecular flexibility index (Phi) is 4.90. The summed E-state index contributed by atoms with van der Waals surface area (Å²) in [4.78, 5) is 10.6. The highest BCUT2D eigenvalue weighted by Gasteiger charge is 2.22. The molecule has 2 N–H and O–H groups in total. The average Bonchev–Trinajstić information content (AvgIpc) is 2.46. The molecule has 0 amide bonds. The van der Waals surface area contributed by atoms with Gasteiger partial charge in [-0.3, -0.25) is 4.98 Å². The predicted octanol–water partition coefficient (Wildman–Crippen LogP) is 1.10. The van der Waals surface area contributed by atoms with Crippen molar-refractivity contribution in [3.8, 4) is 0 Å². The van der Waals surface area contributed by atoms with Gasteiger partial charge in [-0.15, -0.1) is 0 Å². The second kappa shape index (κ2) is 6.66. The van der Waals surface area contributed by atoms with Gasteiger partial charge in [-0.05, 0) is 12.8 Å². The first kappa shape index (κ1) is 13.2. The number of aromatic nitrogens is 2. The molecule has 5 heteroatoms. The molecule has 0 saturated heterocycles. The number of hydrogen-bond acceptors (Lipinski definition) is 5. The zero-order valence-corrected chi connectivity index (χ0v) is 10.6. The molecule has 1 aromatic heterocycles. The maximum Gasteiger partial charge on any atom is 0.147 e. The fraction of sp³-hybridized carbons (Fsp3) is 0.692. The maximum absolute atomic E-state index is 9.20. The SMILES string of the molecule is OCCN(c1cnc(CO)cn1)C1CCCCC1. The van der Waals surface area contributed by atoms with E-state index in [2.05, 4.69) is 14.9 Å². The molecule has 1 aromatic rings. The van der Waals surface area contributed by atoms with E-state index >= 15 is 0 Å². The predicted molar refractivity (Wildman–Crippen MR) is 69.3 cm³/mol. The van der Waals surface area contributed by atoms with Gasteiger partial charge in [0.2, 0.25) is 0 Å². The lowest BCUT2D eigenvalue weighted by Gasteiger charge is -2.34. The molecule has 0 aromatic carbocycles. The number of anilines is 1. The molecule has 1 saturated carbocycles. The molecule has 1 aliphatic carbocycles.